The summed E-state index contributed by atoms with van der Waals surface area (Å²) in [6, 6.07) is 0.669. The predicted molar refractivity (Wildman–Crippen MR) is 56.1 cm³/mol. The van der Waals surface area contributed by atoms with Crippen molar-refractivity contribution in [2.45, 2.75) is 25.9 Å². The largest absolute Gasteiger partial charge is 0.316 e. The lowest BCUT2D eigenvalue weighted by Gasteiger charge is -2.14. The Bertz CT molecular complexity index is 294. The van der Waals surface area contributed by atoms with Gasteiger partial charge in [-0.05, 0) is 20.4 Å². The second kappa shape index (κ2) is 4.11. The van der Waals surface area contributed by atoms with Gasteiger partial charge in [-0.1, -0.05) is 0 Å². The molecule has 2 rings (SSSR count). The van der Waals surface area contributed by atoms with Gasteiger partial charge in [0.05, 0.1) is 6.20 Å². The van der Waals surface area contributed by atoms with Gasteiger partial charge in [0.2, 0.25) is 0 Å². The SMILES string of the molecule is CNC1CCN(Cc2cn[nH]c2C)C1. The van der Waals surface area contributed by atoms with Gasteiger partial charge in [0.15, 0.2) is 0 Å². The minimum atomic E-state index is 0.669. The lowest BCUT2D eigenvalue weighted by atomic mass is 10.2. The first-order valence-electron chi connectivity index (χ1n) is 5.18. The van der Waals surface area contributed by atoms with Crippen LogP contribution in [0.4, 0.5) is 0 Å². The minimum Gasteiger partial charge on any atom is -0.316 e. The molecule has 0 amide bonds. The van der Waals surface area contributed by atoms with Crippen molar-refractivity contribution in [2.75, 3.05) is 20.1 Å². The molecule has 0 spiro atoms. The Morgan fingerprint density at radius 1 is 1.71 bits per heavy atom. The van der Waals surface area contributed by atoms with Gasteiger partial charge in [-0.15, -0.1) is 0 Å². The summed E-state index contributed by atoms with van der Waals surface area (Å²) >= 11 is 0. The first-order valence-corrected chi connectivity index (χ1v) is 5.18. The number of hydrogen-bond donors (Lipinski definition) is 2. The Morgan fingerprint density at radius 3 is 3.14 bits per heavy atom. The molecule has 2 heterocycles. The summed E-state index contributed by atoms with van der Waals surface area (Å²) in [5.74, 6) is 0. The molecular formula is C10H18N4. The molecule has 1 aromatic heterocycles. The number of aromatic nitrogens is 2. The van der Waals surface area contributed by atoms with Crippen molar-refractivity contribution in [3.63, 3.8) is 0 Å². The van der Waals surface area contributed by atoms with E-state index < -0.39 is 0 Å². The highest BCUT2D eigenvalue weighted by Gasteiger charge is 2.21. The maximum atomic E-state index is 4.04. The van der Waals surface area contributed by atoms with E-state index in [0.29, 0.717) is 6.04 Å². The molecule has 0 aromatic carbocycles. The summed E-state index contributed by atoms with van der Waals surface area (Å²) in [7, 11) is 2.04. The van der Waals surface area contributed by atoms with Crippen molar-refractivity contribution in [1.82, 2.24) is 20.4 Å². The van der Waals surface area contributed by atoms with Crippen LogP contribution in [-0.2, 0) is 6.54 Å². The molecular weight excluding hydrogens is 176 g/mol. The topological polar surface area (TPSA) is 44.0 Å². The first kappa shape index (κ1) is 9.68. The summed E-state index contributed by atoms with van der Waals surface area (Å²) < 4.78 is 0. The fraction of sp³-hybridized carbons (Fsp3) is 0.700. The molecule has 1 unspecified atom stereocenters. The summed E-state index contributed by atoms with van der Waals surface area (Å²) in [6.45, 7) is 5.45. The van der Waals surface area contributed by atoms with E-state index in [-0.39, 0.29) is 0 Å². The number of likely N-dealkylation sites (N-methyl/N-ethyl adjacent to an activating group) is 1. The Morgan fingerprint density at radius 2 is 2.57 bits per heavy atom. The molecule has 0 aliphatic carbocycles. The molecule has 1 atom stereocenters. The quantitative estimate of drug-likeness (QED) is 0.737. The number of H-pyrrole nitrogens is 1. The van der Waals surface area contributed by atoms with Gasteiger partial charge in [-0.25, -0.2) is 0 Å². The Balaban J connectivity index is 1.90. The van der Waals surface area contributed by atoms with Crippen LogP contribution >= 0.6 is 0 Å². The monoisotopic (exact) mass is 194 g/mol. The molecule has 1 fully saturated rings. The highest BCUT2D eigenvalue weighted by molar-refractivity contribution is 5.14. The zero-order chi connectivity index (χ0) is 9.97. The van der Waals surface area contributed by atoms with Crippen LogP contribution in [0.3, 0.4) is 0 Å². The highest BCUT2D eigenvalue weighted by Crippen LogP contribution is 2.14. The van der Waals surface area contributed by atoms with Crippen LogP contribution in [0.25, 0.3) is 0 Å². The number of hydrogen-bond acceptors (Lipinski definition) is 3. The smallest absolute Gasteiger partial charge is 0.0535 e. The van der Waals surface area contributed by atoms with Crippen molar-refractivity contribution in [3.8, 4) is 0 Å². The third-order valence-corrected chi connectivity index (χ3v) is 3.01. The van der Waals surface area contributed by atoms with Crippen LogP contribution in [0, 0.1) is 6.92 Å². The van der Waals surface area contributed by atoms with Crippen molar-refractivity contribution in [2.24, 2.45) is 0 Å². The van der Waals surface area contributed by atoms with Crippen molar-refractivity contribution in [3.05, 3.63) is 17.5 Å². The summed E-state index contributed by atoms with van der Waals surface area (Å²) in [4.78, 5) is 2.47. The van der Waals surface area contributed by atoms with E-state index in [1.807, 2.05) is 13.2 Å². The number of nitrogens with zero attached hydrogens (tertiary/aromatic N) is 2. The maximum Gasteiger partial charge on any atom is 0.0535 e. The maximum absolute atomic E-state index is 4.04. The van der Waals surface area contributed by atoms with Gasteiger partial charge < -0.3 is 5.32 Å². The van der Waals surface area contributed by atoms with Crippen LogP contribution in [0.5, 0.6) is 0 Å². The van der Waals surface area contributed by atoms with Crippen LogP contribution in [0.1, 0.15) is 17.7 Å². The van der Waals surface area contributed by atoms with E-state index in [4.69, 9.17) is 0 Å². The van der Waals surface area contributed by atoms with Crippen LogP contribution in [0.15, 0.2) is 6.20 Å². The van der Waals surface area contributed by atoms with Gasteiger partial charge in [-0.2, -0.15) is 5.10 Å². The molecule has 1 aromatic rings. The second-order valence-electron chi connectivity index (χ2n) is 4.03. The molecule has 78 valence electrons. The summed E-state index contributed by atoms with van der Waals surface area (Å²) in [6.07, 6.45) is 3.19. The van der Waals surface area contributed by atoms with Crippen molar-refractivity contribution in [1.29, 1.82) is 0 Å². The van der Waals surface area contributed by atoms with Gasteiger partial charge in [-0.3, -0.25) is 10.00 Å². The lowest BCUT2D eigenvalue weighted by molar-refractivity contribution is 0.322. The number of nitrogens with one attached hydrogen (secondary N) is 2. The molecule has 1 aliphatic heterocycles. The molecule has 4 nitrogen and oxygen atoms in total. The van der Waals surface area contributed by atoms with E-state index in [1.54, 1.807) is 0 Å². The molecule has 0 bridgehead atoms. The minimum absolute atomic E-state index is 0.669. The normalized spacial score (nSPS) is 23.1. The Hall–Kier alpha value is -0.870. The van der Waals surface area contributed by atoms with Crippen LogP contribution < -0.4 is 5.32 Å². The average Bonchev–Trinajstić information content (AvgIpc) is 2.77. The predicted octanol–water partition coefficient (Wildman–Crippen LogP) is 0.512. The third kappa shape index (κ3) is 1.96. The standard InChI is InChI=1S/C10H18N4/c1-8-9(5-12-13-8)6-14-4-3-10(7-14)11-2/h5,10-11H,3-4,6-7H2,1-2H3,(H,12,13). The molecule has 1 aliphatic rings. The van der Waals surface area contributed by atoms with Gasteiger partial charge in [0.25, 0.3) is 0 Å². The van der Waals surface area contributed by atoms with Gasteiger partial charge in [0.1, 0.15) is 0 Å². The summed E-state index contributed by atoms with van der Waals surface area (Å²) in [5, 5.41) is 10.3. The Labute approximate surface area is 84.7 Å². The molecule has 4 heteroatoms. The first-order chi connectivity index (χ1) is 6.79. The van der Waals surface area contributed by atoms with Crippen molar-refractivity contribution < 1.29 is 0 Å². The van der Waals surface area contributed by atoms with Crippen LogP contribution in [0.2, 0.25) is 0 Å². The van der Waals surface area contributed by atoms with Gasteiger partial charge in [0, 0.05) is 36.9 Å². The van der Waals surface area contributed by atoms with Crippen molar-refractivity contribution >= 4 is 0 Å². The fourth-order valence-corrected chi connectivity index (χ4v) is 1.99. The molecule has 14 heavy (non-hydrogen) atoms. The second-order valence-corrected chi connectivity index (χ2v) is 4.03. The number of rotatable bonds is 3. The molecule has 1 saturated heterocycles. The molecule has 0 radical (unpaired) electrons. The molecule has 2 N–H and O–H groups in total. The Kier molecular flexibility index (Phi) is 2.84. The molecule has 0 saturated carbocycles. The van der Waals surface area contributed by atoms with E-state index in [0.717, 1.165) is 13.1 Å². The zero-order valence-corrected chi connectivity index (χ0v) is 8.88. The third-order valence-electron chi connectivity index (χ3n) is 3.01. The van der Waals surface area contributed by atoms with E-state index in [9.17, 15) is 0 Å². The number of aryl methyl sites for hydroxylation is 1. The zero-order valence-electron chi connectivity index (χ0n) is 8.88. The number of likely N-dealkylation sites (tertiary alicyclic amines) is 1. The van der Waals surface area contributed by atoms with Crippen LogP contribution in [-0.4, -0.2) is 41.3 Å². The number of aromatic amines is 1. The van der Waals surface area contributed by atoms with Gasteiger partial charge >= 0.3 is 0 Å². The fourth-order valence-electron chi connectivity index (χ4n) is 1.99. The summed E-state index contributed by atoms with van der Waals surface area (Å²) in [5.41, 5.74) is 2.51. The van der Waals surface area contributed by atoms with E-state index in [2.05, 4.69) is 27.3 Å². The van der Waals surface area contributed by atoms with E-state index in [1.165, 1.54) is 24.2 Å². The average molecular weight is 194 g/mol. The van der Waals surface area contributed by atoms with E-state index >= 15 is 0 Å². The highest BCUT2D eigenvalue weighted by atomic mass is 15.2. The lowest BCUT2D eigenvalue weighted by Crippen LogP contribution is -2.29.